The van der Waals surface area contributed by atoms with Crippen LogP contribution in [0.5, 0.6) is 0 Å². The number of nitrogens with one attached hydrogen (secondary N) is 2. The van der Waals surface area contributed by atoms with Crippen molar-refractivity contribution in [1.29, 1.82) is 0 Å². The number of nitrogens with zero attached hydrogens (tertiary/aromatic N) is 3. The lowest BCUT2D eigenvalue weighted by molar-refractivity contribution is 0.0558. The van der Waals surface area contributed by atoms with Crippen LogP contribution in [0.2, 0.25) is 5.02 Å². The Hall–Kier alpha value is -3.49. The van der Waals surface area contributed by atoms with Crippen molar-refractivity contribution in [3.05, 3.63) is 70.3 Å². The van der Waals surface area contributed by atoms with E-state index in [1.807, 2.05) is 56.3 Å². The minimum Gasteiger partial charge on any atom is -0.393 e. The van der Waals surface area contributed by atoms with Crippen molar-refractivity contribution in [2.24, 2.45) is 0 Å². The van der Waals surface area contributed by atoms with Crippen molar-refractivity contribution in [2.45, 2.75) is 45.4 Å². The second-order valence-electron chi connectivity index (χ2n) is 8.61. The molecule has 1 aliphatic carbocycles. The molecule has 34 heavy (non-hydrogen) atoms. The van der Waals surface area contributed by atoms with E-state index in [9.17, 15) is 9.90 Å². The van der Waals surface area contributed by atoms with Gasteiger partial charge in [-0.25, -0.2) is 9.97 Å². The number of hydrogen-bond acceptors (Lipinski definition) is 7. The average molecular weight is 478 g/mol. The number of amides is 1. The Morgan fingerprint density at radius 3 is 2.71 bits per heavy atom. The van der Waals surface area contributed by atoms with Crippen LogP contribution in [0.3, 0.4) is 0 Å². The number of benzene rings is 2. The van der Waals surface area contributed by atoms with Crippen LogP contribution in [0.1, 0.15) is 40.5 Å². The lowest BCUT2D eigenvalue weighted by Gasteiger charge is -2.31. The first kappa shape index (κ1) is 22.3. The number of rotatable bonds is 6. The van der Waals surface area contributed by atoms with Gasteiger partial charge in [0, 0.05) is 28.6 Å². The predicted molar refractivity (Wildman–Crippen MR) is 130 cm³/mol. The van der Waals surface area contributed by atoms with Gasteiger partial charge in [-0.15, -0.1) is 0 Å². The van der Waals surface area contributed by atoms with E-state index in [1.165, 1.54) is 0 Å². The first-order valence-corrected chi connectivity index (χ1v) is 11.5. The minimum absolute atomic E-state index is 0.0633. The third kappa shape index (κ3) is 4.47. The highest BCUT2D eigenvalue weighted by molar-refractivity contribution is 6.30. The fourth-order valence-corrected chi connectivity index (χ4v) is 4.42. The van der Waals surface area contributed by atoms with E-state index < -0.39 is 0 Å². The molecule has 2 aromatic heterocycles. The maximum Gasteiger partial charge on any atom is 0.289 e. The second kappa shape index (κ2) is 9.04. The quantitative estimate of drug-likeness (QED) is 0.376. The third-order valence-corrected chi connectivity index (χ3v) is 6.25. The van der Waals surface area contributed by atoms with Gasteiger partial charge in [0.05, 0.1) is 17.3 Å². The number of carbonyl (C=O) groups is 1. The molecule has 1 saturated carbocycles. The monoisotopic (exact) mass is 477 g/mol. The van der Waals surface area contributed by atoms with Crippen molar-refractivity contribution in [1.82, 2.24) is 20.4 Å². The summed E-state index contributed by atoms with van der Waals surface area (Å²) < 4.78 is 5.34. The Kier molecular flexibility index (Phi) is 5.93. The van der Waals surface area contributed by atoms with Crippen LogP contribution in [0.4, 0.5) is 5.82 Å². The summed E-state index contributed by atoms with van der Waals surface area (Å²) in [6.07, 6.45) is 0.723. The molecule has 3 N–H and O–H groups in total. The van der Waals surface area contributed by atoms with E-state index >= 15 is 0 Å². The fraction of sp³-hybridized carbons (Fsp3) is 0.280. The van der Waals surface area contributed by atoms with Crippen molar-refractivity contribution < 1.29 is 14.4 Å². The largest absolute Gasteiger partial charge is 0.393 e. The van der Waals surface area contributed by atoms with Gasteiger partial charge in [0.1, 0.15) is 11.6 Å². The van der Waals surface area contributed by atoms with Gasteiger partial charge in [-0.3, -0.25) is 4.79 Å². The lowest BCUT2D eigenvalue weighted by atomic mass is 9.89. The SMILES string of the molecule is Cc1noc(C)c1-c1ccc2nc(C(=O)NC3CC(O)C3)nc(NCc3cccc(Cl)c3)c2c1. The van der Waals surface area contributed by atoms with E-state index in [0.717, 1.165) is 33.5 Å². The molecule has 9 heteroatoms. The molecule has 0 atom stereocenters. The summed E-state index contributed by atoms with van der Waals surface area (Å²) in [7, 11) is 0. The van der Waals surface area contributed by atoms with Gasteiger partial charge in [0.25, 0.3) is 5.91 Å². The highest BCUT2D eigenvalue weighted by Gasteiger charge is 2.29. The number of carbonyl (C=O) groups excluding carboxylic acids is 1. The molecule has 2 heterocycles. The summed E-state index contributed by atoms with van der Waals surface area (Å²) in [5.41, 5.74) is 4.27. The predicted octanol–water partition coefficient (Wildman–Crippen LogP) is 4.42. The molecule has 0 radical (unpaired) electrons. The molecule has 0 bridgehead atoms. The van der Waals surface area contributed by atoms with Crippen molar-refractivity contribution >= 4 is 34.2 Å². The van der Waals surface area contributed by atoms with Gasteiger partial charge in [-0.2, -0.15) is 0 Å². The van der Waals surface area contributed by atoms with Crippen LogP contribution in [-0.2, 0) is 6.54 Å². The first-order chi connectivity index (χ1) is 16.4. The van der Waals surface area contributed by atoms with Crippen molar-refractivity contribution in [3.8, 4) is 11.1 Å². The van der Waals surface area contributed by atoms with Gasteiger partial charge in [0.2, 0.25) is 5.82 Å². The molecule has 8 nitrogen and oxygen atoms in total. The van der Waals surface area contributed by atoms with E-state index in [0.29, 0.717) is 35.7 Å². The number of aryl methyl sites for hydroxylation is 2. The Morgan fingerprint density at radius 2 is 2.00 bits per heavy atom. The van der Waals surface area contributed by atoms with Crippen LogP contribution in [0.15, 0.2) is 47.0 Å². The normalized spacial score (nSPS) is 17.4. The fourth-order valence-electron chi connectivity index (χ4n) is 4.20. The number of aromatic nitrogens is 3. The lowest BCUT2D eigenvalue weighted by Crippen LogP contribution is -2.47. The summed E-state index contributed by atoms with van der Waals surface area (Å²) in [6.45, 7) is 4.24. The molecule has 4 aromatic rings. The smallest absolute Gasteiger partial charge is 0.289 e. The molecule has 1 amide bonds. The molecular formula is C25H24ClN5O3. The zero-order valence-electron chi connectivity index (χ0n) is 18.8. The summed E-state index contributed by atoms with van der Waals surface area (Å²) >= 11 is 6.13. The van der Waals surface area contributed by atoms with Gasteiger partial charge < -0.3 is 20.3 Å². The topological polar surface area (TPSA) is 113 Å². The number of fused-ring (bicyclic) bond motifs is 1. The molecular weight excluding hydrogens is 454 g/mol. The van der Waals surface area contributed by atoms with Crippen LogP contribution in [0.25, 0.3) is 22.0 Å². The molecule has 5 rings (SSSR count). The molecule has 174 valence electrons. The highest BCUT2D eigenvalue weighted by Crippen LogP contribution is 2.32. The number of aliphatic hydroxyl groups is 1. The minimum atomic E-state index is -0.362. The summed E-state index contributed by atoms with van der Waals surface area (Å²) in [5, 5.41) is 21.2. The maximum absolute atomic E-state index is 12.8. The molecule has 2 aromatic carbocycles. The molecule has 1 aliphatic rings. The first-order valence-electron chi connectivity index (χ1n) is 11.1. The second-order valence-corrected chi connectivity index (χ2v) is 9.04. The molecule has 0 aliphatic heterocycles. The van der Waals surface area contributed by atoms with Crippen molar-refractivity contribution in [3.63, 3.8) is 0 Å². The Morgan fingerprint density at radius 1 is 1.18 bits per heavy atom. The van der Waals surface area contributed by atoms with Crippen LogP contribution in [0, 0.1) is 13.8 Å². The molecule has 0 spiro atoms. The average Bonchev–Trinajstić information content (AvgIpc) is 3.13. The van der Waals surface area contributed by atoms with Gasteiger partial charge in [0.15, 0.2) is 0 Å². The van der Waals surface area contributed by atoms with E-state index in [-0.39, 0.29) is 23.9 Å². The number of anilines is 1. The molecule has 0 saturated heterocycles. The summed E-state index contributed by atoms with van der Waals surface area (Å²) in [4.78, 5) is 21.9. The Labute approximate surface area is 201 Å². The van der Waals surface area contributed by atoms with Crippen LogP contribution in [-0.4, -0.2) is 38.3 Å². The van der Waals surface area contributed by atoms with Crippen LogP contribution >= 0.6 is 11.6 Å². The summed E-state index contributed by atoms with van der Waals surface area (Å²) in [6, 6.07) is 13.3. The van der Waals surface area contributed by atoms with Crippen molar-refractivity contribution in [2.75, 3.05) is 5.32 Å². The Bertz CT molecular complexity index is 1360. The Balaban J connectivity index is 1.53. The van der Waals surface area contributed by atoms with E-state index in [1.54, 1.807) is 0 Å². The number of halogens is 1. The van der Waals surface area contributed by atoms with E-state index in [2.05, 4.69) is 25.8 Å². The molecule has 0 unspecified atom stereocenters. The van der Waals surface area contributed by atoms with Gasteiger partial charge in [-0.1, -0.05) is 35.0 Å². The highest BCUT2D eigenvalue weighted by atomic mass is 35.5. The summed E-state index contributed by atoms with van der Waals surface area (Å²) in [5.74, 6) is 0.981. The van der Waals surface area contributed by atoms with Gasteiger partial charge >= 0.3 is 0 Å². The molecule has 1 fully saturated rings. The third-order valence-electron chi connectivity index (χ3n) is 6.02. The zero-order valence-corrected chi connectivity index (χ0v) is 19.6. The van der Waals surface area contributed by atoms with Crippen LogP contribution < -0.4 is 10.6 Å². The standard InChI is InChI=1S/C25H24ClN5O3/c1-13-22(14(2)34-31-13)16-6-7-21-20(9-16)23(27-12-15-4-3-5-17(26)8-15)30-24(29-21)25(33)28-18-10-19(32)11-18/h3-9,18-19,32H,10-12H2,1-2H3,(H,28,33)(H,27,29,30). The number of aliphatic hydroxyl groups excluding tert-OH is 1. The van der Waals surface area contributed by atoms with Gasteiger partial charge in [-0.05, 0) is 62.1 Å². The number of hydrogen-bond donors (Lipinski definition) is 3. The zero-order chi connectivity index (χ0) is 23.8. The van der Waals surface area contributed by atoms with E-state index in [4.69, 9.17) is 16.1 Å². The maximum atomic E-state index is 12.8.